The second-order valence-electron chi connectivity index (χ2n) is 8.64. The van der Waals surface area contributed by atoms with E-state index in [1.807, 2.05) is 0 Å². The summed E-state index contributed by atoms with van der Waals surface area (Å²) in [6, 6.07) is 0. The van der Waals surface area contributed by atoms with Crippen LogP contribution in [0.4, 0.5) is 0 Å². The molecule has 0 bridgehead atoms. The number of carbonyl (C=O) groups excluding carboxylic acids is 1. The fraction of sp³-hybridized carbons (Fsp3) is 0.842. The number of carbonyl (C=O) groups is 1. The maximum atomic E-state index is 11.8. The van der Waals surface area contributed by atoms with Crippen molar-refractivity contribution in [2.45, 2.75) is 65.2 Å². The molecule has 4 aliphatic carbocycles. The molecule has 0 aliphatic heterocycles. The molecule has 0 aromatic heterocycles. The van der Waals surface area contributed by atoms with Crippen molar-refractivity contribution in [3.8, 4) is 0 Å². The predicted octanol–water partition coefficient (Wildman–Crippen LogP) is 4.76. The zero-order valence-electron chi connectivity index (χ0n) is 13.0. The SMILES string of the molecule is C[C@@]12CC=C[C@H]1[C@@H]1CCC3CC(=O)CC[C@]3(C)[C@H]1CC2. The molecule has 4 aliphatic rings. The van der Waals surface area contributed by atoms with Crippen molar-refractivity contribution >= 4 is 5.78 Å². The van der Waals surface area contributed by atoms with Gasteiger partial charge in [-0.05, 0) is 73.0 Å². The molecule has 3 saturated carbocycles. The minimum Gasteiger partial charge on any atom is -0.300 e. The van der Waals surface area contributed by atoms with E-state index in [4.69, 9.17) is 0 Å². The van der Waals surface area contributed by atoms with Gasteiger partial charge < -0.3 is 0 Å². The molecule has 4 rings (SSSR count). The molecule has 1 heteroatoms. The molecule has 1 nitrogen and oxygen atoms in total. The van der Waals surface area contributed by atoms with Crippen LogP contribution in [-0.2, 0) is 4.79 Å². The van der Waals surface area contributed by atoms with Crippen LogP contribution in [0.5, 0.6) is 0 Å². The molecule has 1 unspecified atom stereocenters. The van der Waals surface area contributed by atoms with E-state index in [0.717, 1.165) is 30.6 Å². The Morgan fingerprint density at radius 2 is 2.00 bits per heavy atom. The Morgan fingerprint density at radius 1 is 1.15 bits per heavy atom. The van der Waals surface area contributed by atoms with E-state index in [2.05, 4.69) is 26.0 Å². The van der Waals surface area contributed by atoms with Crippen molar-refractivity contribution in [3.05, 3.63) is 12.2 Å². The van der Waals surface area contributed by atoms with Gasteiger partial charge in [-0.2, -0.15) is 0 Å². The summed E-state index contributed by atoms with van der Waals surface area (Å²) < 4.78 is 0. The average molecular weight is 272 g/mol. The molecule has 0 saturated heterocycles. The highest BCUT2D eigenvalue weighted by Gasteiger charge is 2.56. The van der Waals surface area contributed by atoms with Crippen LogP contribution in [0, 0.1) is 34.5 Å². The minimum absolute atomic E-state index is 0.467. The summed E-state index contributed by atoms with van der Waals surface area (Å²) in [4.78, 5) is 11.8. The molecule has 3 fully saturated rings. The van der Waals surface area contributed by atoms with Gasteiger partial charge in [0.25, 0.3) is 0 Å². The monoisotopic (exact) mass is 272 g/mol. The van der Waals surface area contributed by atoms with Crippen molar-refractivity contribution in [1.29, 1.82) is 0 Å². The quantitative estimate of drug-likeness (QED) is 0.581. The lowest BCUT2D eigenvalue weighted by Gasteiger charge is -2.59. The summed E-state index contributed by atoms with van der Waals surface area (Å²) in [6.07, 6.45) is 14.7. The van der Waals surface area contributed by atoms with E-state index < -0.39 is 0 Å². The number of Topliss-reactive ketones (excluding diaryl/α,β-unsaturated/α-hetero) is 1. The fourth-order valence-electron chi connectivity index (χ4n) is 6.47. The molecule has 0 aromatic rings. The van der Waals surface area contributed by atoms with Gasteiger partial charge in [-0.25, -0.2) is 0 Å². The van der Waals surface area contributed by atoms with Gasteiger partial charge in [-0.3, -0.25) is 4.79 Å². The van der Waals surface area contributed by atoms with Crippen LogP contribution in [0.2, 0.25) is 0 Å². The number of hydrogen-bond donors (Lipinski definition) is 0. The second-order valence-corrected chi connectivity index (χ2v) is 8.64. The molecule has 0 spiro atoms. The number of rotatable bonds is 0. The number of hydrogen-bond acceptors (Lipinski definition) is 1. The first-order valence-corrected chi connectivity index (χ1v) is 8.71. The van der Waals surface area contributed by atoms with E-state index in [-0.39, 0.29) is 0 Å². The van der Waals surface area contributed by atoms with E-state index in [0.29, 0.717) is 22.5 Å². The molecule has 0 N–H and O–H groups in total. The zero-order chi connectivity index (χ0) is 14.0. The topological polar surface area (TPSA) is 17.1 Å². The third kappa shape index (κ3) is 1.64. The van der Waals surface area contributed by atoms with Gasteiger partial charge in [0.1, 0.15) is 5.78 Å². The second kappa shape index (κ2) is 4.21. The van der Waals surface area contributed by atoms with Gasteiger partial charge in [-0.15, -0.1) is 0 Å². The molecular weight excluding hydrogens is 244 g/mol. The Kier molecular flexibility index (Phi) is 2.76. The standard InChI is InChI=1S/C19H28O/c1-18-9-3-4-16(18)15-6-5-13-12-14(20)7-11-19(13,2)17(15)8-10-18/h3-4,13,15-17H,5-12H2,1-2H3/t13?,15-,16-,17-,18-,19-/m0/s1. The molecule has 6 atom stereocenters. The van der Waals surface area contributed by atoms with Gasteiger partial charge in [0.15, 0.2) is 0 Å². The molecule has 110 valence electrons. The summed E-state index contributed by atoms with van der Waals surface area (Å²) in [5.74, 6) is 3.85. The van der Waals surface area contributed by atoms with Crippen LogP contribution in [0.25, 0.3) is 0 Å². The third-order valence-electron chi connectivity index (χ3n) is 7.78. The first kappa shape index (κ1) is 13.1. The summed E-state index contributed by atoms with van der Waals surface area (Å²) in [6.45, 7) is 5.05. The van der Waals surface area contributed by atoms with Crippen LogP contribution in [-0.4, -0.2) is 5.78 Å². The van der Waals surface area contributed by atoms with Crippen LogP contribution in [0.3, 0.4) is 0 Å². The van der Waals surface area contributed by atoms with Crippen molar-refractivity contribution in [2.75, 3.05) is 0 Å². The number of allylic oxidation sites excluding steroid dienone is 2. The lowest BCUT2D eigenvalue weighted by Crippen LogP contribution is -2.52. The Balaban J connectivity index is 1.65. The lowest BCUT2D eigenvalue weighted by atomic mass is 9.45. The summed E-state index contributed by atoms with van der Waals surface area (Å²) in [5.41, 5.74) is 1.03. The highest BCUT2D eigenvalue weighted by atomic mass is 16.1. The van der Waals surface area contributed by atoms with Gasteiger partial charge in [0, 0.05) is 12.8 Å². The van der Waals surface area contributed by atoms with Crippen LogP contribution >= 0.6 is 0 Å². The van der Waals surface area contributed by atoms with E-state index >= 15 is 0 Å². The molecule has 0 heterocycles. The summed E-state index contributed by atoms with van der Waals surface area (Å²) >= 11 is 0. The highest BCUT2D eigenvalue weighted by Crippen LogP contribution is 2.64. The number of ketones is 1. The average Bonchev–Trinajstić information content (AvgIpc) is 2.81. The Morgan fingerprint density at radius 3 is 2.85 bits per heavy atom. The van der Waals surface area contributed by atoms with E-state index in [1.165, 1.54) is 38.5 Å². The van der Waals surface area contributed by atoms with Crippen molar-refractivity contribution < 1.29 is 4.79 Å². The van der Waals surface area contributed by atoms with Gasteiger partial charge in [0.2, 0.25) is 0 Å². The van der Waals surface area contributed by atoms with Crippen molar-refractivity contribution in [1.82, 2.24) is 0 Å². The van der Waals surface area contributed by atoms with Crippen LogP contribution in [0.15, 0.2) is 12.2 Å². The number of fused-ring (bicyclic) bond motifs is 5. The van der Waals surface area contributed by atoms with E-state index in [9.17, 15) is 4.79 Å². The molecule has 20 heavy (non-hydrogen) atoms. The largest absolute Gasteiger partial charge is 0.300 e. The van der Waals surface area contributed by atoms with Gasteiger partial charge >= 0.3 is 0 Å². The summed E-state index contributed by atoms with van der Waals surface area (Å²) in [5, 5.41) is 0. The Labute approximate surface area is 123 Å². The smallest absolute Gasteiger partial charge is 0.133 e. The van der Waals surface area contributed by atoms with Crippen LogP contribution < -0.4 is 0 Å². The van der Waals surface area contributed by atoms with Gasteiger partial charge in [-0.1, -0.05) is 26.0 Å². The third-order valence-corrected chi connectivity index (χ3v) is 7.78. The summed E-state index contributed by atoms with van der Waals surface area (Å²) in [7, 11) is 0. The Bertz CT molecular complexity index is 464. The predicted molar refractivity (Wildman–Crippen MR) is 81.3 cm³/mol. The van der Waals surface area contributed by atoms with Crippen molar-refractivity contribution in [3.63, 3.8) is 0 Å². The first-order chi connectivity index (χ1) is 9.53. The Hall–Kier alpha value is -0.590. The van der Waals surface area contributed by atoms with Crippen LogP contribution in [0.1, 0.15) is 65.2 Å². The van der Waals surface area contributed by atoms with Gasteiger partial charge in [0.05, 0.1) is 0 Å². The molecular formula is C19H28O. The zero-order valence-corrected chi connectivity index (χ0v) is 13.0. The maximum absolute atomic E-state index is 11.8. The minimum atomic E-state index is 0.467. The first-order valence-electron chi connectivity index (χ1n) is 8.71. The highest BCUT2D eigenvalue weighted by molar-refractivity contribution is 5.79. The molecule has 0 radical (unpaired) electrons. The fourth-order valence-corrected chi connectivity index (χ4v) is 6.47. The maximum Gasteiger partial charge on any atom is 0.133 e. The molecule has 0 aromatic carbocycles. The van der Waals surface area contributed by atoms with Crippen molar-refractivity contribution in [2.24, 2.45) is 34.5 Å². The molecule has 0 amide bonds. The lowest BCUT2D eigenvalue weighted by molar-refractivity contribution is -0.136. The normalized spacial score (nSPS) is 54.2. The van der Waals surface area contributed by atoms with E-state index in [1.54, 1.807) is 0 Å².